The molecule has 2 amide bonds. The Morgan fingerprint density at radius 1 is 0.938 bits per heavy atom. The third-order valence-electron chi connectivity index (χ3n) is 4.06. The van der Waals surface area contributed by atoms with Gasteiger partial charge in [-0.2, -0.15) is 5.10 Å². The second kappa shape index (κ2) is 10.7. The molecule has 0 aromatic heterocycles. The van der Waals surface area contributed by atoms with Crippen molar-refractivity contribution in [2.24, 2.45) is 5.10 Å². The summed E-state index contributed by atoms with van der Waals surface area (Å²) in [7, 11) is 1.47. The molecule has 0 fully saturated rings. The Balaban J connectivity index is 1.58. The first-order valence-electron chi connectivity index (χ1n) is 9.31. The summed E-state index contributed by atoms with van der Waals surface area (Å²) in [5.41, 5.74) is 3.33. The molecule has 3 rings (SSSR count). The minimum atomic E-state index is -0.958. The van der Waals surface area contributed by atoms with E-state index in [2.05, 4.69) is 15.8 Å². The molecular weight excluding hydrogens is 434 g/mol. The largest absolute Gasteiger partial charge is 0.496 e. The molecule has 0 aliphatic rings. The summed E-state index contributed by atoms with van der Waals surface area (Å²) in [6, 6.07) is 19.6. The molecule has 8 nitrogen and oxygen atoms in total. The molecule has 3 aromatic carbocycles. The summed E-state index contributed by atoms with van der Waals surface area (Å²) in [5.74, 6) is -1.77. The number of para-hydroxylation sites is 1. The van der Waals surface area contributed by atoms with Gasteiger partial charge in [0.1, 0.15) is 17.1 Å². The van der Waals surface area contributed by atoms with Crippen molar-refractivity contribution in [2.75, 3.05) is 12.4 Å². The highest BCUT2D eigenvalue weighted by Gasteiger charge is 2.14. The van der Waals surface area contributed by atoms with Gasteiger partial charge in [-0.3, -0.25) is 9.59 Å². The van der Waals surface area contributed by atoms with E-state index in [0.717, 1.165) is 0 Å². The van der Waals surface area contributed by atoms with Crippen LogP contribution in [0.1, 0.15) is 15.9 Å². The summed E-state index contributed by atoms with van der Waals surface area (Å²) in [4.78, 5) is 36.2. The van der Waals surface area contributed by atoms with Crippen LogP contribution in [0.4, 0.5) is 5.69 Å². The zero-order chi connectivity index (χ0) is 22.9. The van der Waals surface area contributed by atoms with Gasteiger partial charge in [-0.15, -0.1) is 0 Å². The number of benzene rings is 3. The molecule has 0 spiro atoms. The van der Waals surface area contributed by atoms with E-state index in [1.54, 1.807) is 66.7 Å². The minimum absolute atomic E-state index is 0.273. The molecule has 0 unspecified atom stereocenters. The molecule has 0 saturated carbocycles. The first kappa shape index (κ1) is 22.5. The van der Waals surface area contributed by atoms with Crippen molar-refractivity contribution in [1.29, 1.82) is 0 Å². The highest BCUT2D eigenvalue weighted by atomic mass is 35.5. The third-order valence-corrected chi connectivity index (χ3v) is 4.30. The first-order valence-corrected chi connectivity index (χ1v) is 9.69. The number of nitrogens with zero attached hydrogens (tertiary/aromatic N) is 1. The second-order valence-electron chi connectivity index (χ2n) is 6.33. The second-order valence-corrected chi connectivity index (χ2v) is 6.76. The average Bonchev–Trinajstić information content (AvgIpc) is 2.79. The number of anilines is 1. The molecule has 0 saturated heterocycles. The summed E-state index contributed by atoms with van der Waals surface area (Å²) < 4.78 is 10.5. The lowest BCUT2D eigenvalue weighted by Gasteiger charge is -2.08. The van der Waals surface area contributed by atoms with Crippen LogP contribution in [0.5, 0.6) is 11.5 Å². The molecule has 162 valence electrons. The number of ether oxygens (including phenoxy) is 2. The quantitative estimate of drug-likeness (QED) is 0.195. The SMILES string of the molecule is COc1ccccc1C(=O)Oc1cccc(/C=N/NC(=O)C(=O)Nc2cccc(Cl)c2)c1. The number of halogens is 1. The van der Waals surface area contributed by atoms with Crippen molar-refractivity contribution >= 4 is 41.3 Å². The number of rotatable bonds is 6. The van der Waals surface area contributed by atoms with Gasteiger partial charge in [0.15, 0.2) is 0 Å². The fourth-order valence-corrected chi connectivity index (χ4v) is 2.79. The number of amides is 2. The van der Waals surface area contributed by atoms with Crippen LogP contribution in [0.25, 0.3) is 0 Å². The lowest BCUT2D eigenvalue weighted by atomic mass is 10.2. The van der Waals surface area contributed by atoms with Crippen LogP contribution in [-0.2, 0) is 9.59 Å². The van der Waals surface area contributed by atoms with Gasteiger partial charge in [0, 0.05) is 10.7 Å². The van der Waals surface area contributed by atoms with Crippen LogP contribution in [0, 0.1) is 0 Å². The molecule has 0 bridgehead atoms. The van der Waals surface area contributed by atoms with Crippen molar-refractivity contribution in [1.82, 2.24) is 5.43 Å². The van der Waals surface area contributed by atoms with Crippen molar-refractivity contribution in [2.45, 2.75) is 0 Å². The van der Waals surface area contributed by atoms with Crippen molar-refractivity contribution < 1.29 is 23.9 Å². The van der Waals surface area contributed by atoms with Crippen LogP contribution < -0.4 is 20.2 Å². The van der Waals surface area contributed by atoms with E-state index in [0.29, 0.717) is 22.0 Å². The van der Waals surface area contributed by atoms with Crippen LogP contribution in [0.2, 0.25) is 5.02 Å². The molecule has 0 heterocycles. The van der Waals surface area contributed by atoms with Gasteiger partial charge in [0.25, 0.3) is 0 Å². The van der Waals surface area contributed by atoms with E-state index < -0.39 is 17.8 Å². The van der Waals surface area contributed by atoms with Crippen molar-refractivity contribution in [3.05, 3.63) is 88.9 Å². The molecule has 0 aliphatic carbocycles. The number of methoxy groups -OCH3 is 1. The fraction of sp³-hybridized carbons (Fsp3) is 0.0435. The number of carbonyl (C=O) groups is 3. The Morgan fingerprint density at radius 3 is 2.50 bits per heavy atom. The van der Waals surface area contributed by atoms with Crippen LogP contribution in [0.15, 0.2) is 77.9 Å². The predicted molar refractivity (Wildman–Crippen MR) is 120 cm³/mol. The number of carbonyl (C=O) groups excluding carboxylic acids is 3. The first-order chi connectivity index (χ1) is 15.5. The van der Waals surface area contributed by atoms with Crippen LogP contribution in [-0.4, -0.2) is 31.1 Å². The third kappa shape index (κ3) is 6.16. The minimum Gasteiger partial charge on any atom is -0.496 e. The van der Waals surface area contributed by atoms with E-state index in [1.807, 2.05) is 0 Å². The van der Waals surface area contributed by atoms with Gasteiger partial charge in [-0.1, -0.05) is 41.9 Å². The van der Waals surface area contributed by atoms with E-state index in [1.165, 1.54) is 19.4 Å². The predicted octanol–water partition coefficient (Wildman–Crippen LogP) is 3.66. The molecule has 0 atom stereocenters. The molecule has 0 radical (unpaired) electrons. The van der Waals surface area contributed by atoms with Gasteiger partial charge in [0.05, 0.1) is 13.3 Å². The molecule has 0 aliphatic heterocycles. The maximum absolute atomic E-state index is 12.4. The topological polar surface area (TPSA) is 106 Å². The highest BCUT2D eigenvalue weighted by Crippen LogP contribution is 2.21. The Kier molecular flexibility index (Phi) is 7.55. The zero-order valence-electron chi connectivity index (χ0n) is 16.9. The Bertz CT molecular complexity index is 1180. The molecule has 3 aromatic rings. The lowest BCUT2D eigenvalue weighted by molar-refractivity contribution is -0.136. The van der Waals surface area contributed by atoms with E-state index in [9.17, 15) is 14.4 Å². The van der Waals surface area contributed by atoms with Crippen molar-refractivity contribution in [3.8, 4) is 11.5 Å². The average molecular weight is 452 g/mol. The zero-order valence-corrected chi connectivity index (χ0v) is 17.6. The Hall–Kier alpha value is -4.17. The summed E-state index contributed by atoms with van der Waals surface area (Å²) in [6.07, 6.45) is 1.31. The summed E-state index contributed by atoms with van der Waals surface area (Å²) in [5, 5.41) is 6.59. The van der Waals surface area contributed by atoms with Gasteiger partial charge in [-0.25, -0.2) is 10.2 Å². The normalized spacial score (nSPS) is 10.4. The molecule has 32 heavy (non-hydrogen) atoms. The van der Waals surface area contributed by atoms with E-state index >= 15 is 0 Å². The standard InChI is InChI=1S/C23H18ClN3O5/c1-31-20-11-3-2-10-19(20)23(30)32-18-9-4-6-15(12-18)14-25-27-22(29)21(28)26-17-8-5-7-16(24)13-17/h2-14H,1H3,(H,26,28)(H,27,29)/b25-14+. The lowest BCUT2D eigenvalue weighted by Crippen LogP contribution is -2.32. The Morgan fingerprint density at radius 2 is 1.72 bits per heavy atom. The van der Waals surface area contributed by atoms with Gasteiger partial charge < -0.3 is 14.8 Å². The number of hydrogen-bond donors (Lipinski definition) is 2. The number of nitrogens with one attached hydrogen (secondary N) is 2. The van der Waals surface area contributed by atoms with Gasteiger partial charge in [0.2, 0.25) is 0 Å². The summed E-state index contributed by atoms with van der Waals surface area (Å²) in [6.45, 7) is 0. The molecule has 9 heteroatoms. The smallest absolute Gasteiger partial charge is 0.347 e. The van der Waals surface area contributed by atoms with E-state index in [4.69, 9.17) is 21.1 Å². The van der Waals surface area contributed by atoms with Crippen LogP contribution >= 0.6 is 11.6 Å². The molecular formula is C23H18ClN3O5. The van der Waals surface area contributed by atoms with Crippen LogP contribution in [0.3, 0.4) is 0 Å². The number of esters is 1. The fourth-order valence-electron chi connectivity index (χ4n) is 2.60. The number of hydrazone groups is 1. The highest BCUT2D eigenvalue weighted by molar-refractivity contribution is 6.39. The Labute approximate surface area is 188 Å². The molecule has 2 N–H and O–H groups in total. The summed E-state index contributed by atoms with van der Waals surface area (Å²) >= 11 is 5.84. The monoisotopic (exact) mass is 451 g/mol. The number of hydrogen-bond acceptors (Lipinski definition) is 6. The van der Waals surface area contributed by atoms with E-state index in [-0.39, 0.29) is 11.3 Å². The van der Waals surface area contributed by atoms with Gasteiger partial charge in [-0.05, 0) is 48.0 Å². The van der Waals surface area contributed by atoms with Gasteiger partial charge >= 0.3 is 17.8 Å². The van der Waals surface area contributed by atoms with Crippen molar-refractivity contribution in [3.63, 3.8) is 0 Å². The maximum atomic E-state index is 12.4. The maximum Gasteiger partial charge on any atom is 0.347 e.